The summed E-state index contributed by atoms with van der Waals surface area (Å²) in [6, 6.07) is 15.9. The molecule has 0 saturated carbocycles. The number of hydrogen-bond acceptors (Lipinski definition) is 5. The van der Waals surface area contributed by atoms with E-state index in [1.54, 1.807) is 36.4 Å². The van der Waals surface area contributed by atoms with Gasteiger partial charge in [-0.25, -0.2) is 4.79 Å². The van der Waals surface area contributed by atoms with E-state index in [1.807, 2.05) is 37.2 Å². The maximum absolute atomic E-state index is 12.1. The van der Waals surface area contributed by atoms with Crippen LogP contribution in [0.1, 0.15) is 35.4 Å². The minimum atomic E-state index is -0.405. The second-order valence-electron chi connectivity index (χ2n) is 6.01. The Morgan fingerprint density at radius 2 is 1.64 bits per heavy atom. The number of hydrogen-bond donors (Lipinski definition) is 0. The largest absolute Gasteiger partial charge is 0.458 e. The van der Waals surface area contributed by atoms with Crippen molar-refractivity contribution in [3.05, 3.63) is 65.7 Å². The lowest BCUT2D eigenvalue weighted by Gasteiger charge is -2.20. The number of carbonyl (C=O) groups is 2. The van der Waals surface area contributed by atoms with Crippen molar-refractivity contribution in [3.8, 4) is 5.75 Å². The van der Waals surface area contributed by atoms with E-state index in [4.69, 9.17) is 9.47 Å². The average Bonchev–Trinajstić information content (AvgIpc) is 2.59. The van der Waals surface area contributed by atoms with Gasteiger partial charge in [-0.2, -0.15) is 0 Å². The van der Waals surface area contributed by atoms with Crippen LogP contribution in [0.3, 0.4) is 0 Å². The molecule has 0 fully saturated rings. The molecule has 0 bridgehead atoms. The van der Waals surface area contributed by atoms with Crippen LogP contribution in [0.4, 0.5) is 0 Å². The highest BCUT2D eigenvalue weighted by molar-refractivity contribution is 5.90. The fourth-order valence-corrected chi connectivity index (χ4v) is 2.36. The molecule has 0 saturated heterocycles. The van der Waals surface area contributed by atoms with Crippen LogP contribution in [-0.2, 0) is 9.53 Å². The number of nitrogens with zero attached hydrogens (tertiary/aromatic N) is 1. The van der Waals surface area contributed by atoms with Gasteiger partial charge >= 0.3 is 11.9 Å². The van der Waals surface area contributed by atoms with E-state index in [9.17, 15) is 9.59 Å². The Hall–Kier alpha value is -2.66. The SMILES string of the molecule is CC(=O)O[C@@H](CCN(C)C)c1ccc(OC(=O)c2ccccc2)cc1. The highest BCUT2D eigenvalue weighted by Gasteiger charge is 2.16. The summed E-state index contributed by atoms with van der Waals surface area (Å²) in [5, 5.41) is 0. The van der Waals surface area contributed by atoms with Gasteiger partial charge in [-0.1, -0.05) is 30.3 Å². The molecule has 5 heteroatoms. The molecule has 0 aliphatic carbocycles. The van der Waals surface area contributed by atoms with Crippen LogP contribution in [0.2, 0.25) is 0 Å². The summed E-state index contributed by atoms with van der Waals surface area (Å²) in [5.74, 6) is -0.271. The summed E-state index contributed by atoms with van der Waals surface area (Å²) < 4.78 is 10.8. The maximum atomic E-state index is 12.1. The van der Waals surface area contributed by atoms with Crippen LogP contribution in [0, 0.1) is 0 Å². The zero-order valence-corrected chi connectivity index (χ0v) is 14.8. The van der Waals surface area contributed by atoms with E-state index in [2.05, 4.69) is 0 Å². The van der Waals surface area contributed by atoms with Crippen molar-refractivity contribution in [2.45, 2.75) is 19.4 Å². The van der Waals surface area contributed by atoms with Gasteiger partial charge < -0.3 is 14.4 Å². The lowest BCUT2D eigenvalue weighted by atomic mass is 10.1. The van der Waals surface area contributed by atoms with Gasteiger partial charge in [0.25, 0.3) is 0 Å². The summed E-state index contributed by atoms with van der Waals surface area (Å²) in [6.45, 7) is 2.20. The number of rotatable bonds is 7. The lowest BCUT2D eigenvalue weighted by Crippen LogP contribution is -2.18. The van der Waals surface area contributed by atoms with Crippen LogP contribution < -0.4 is 4.74 Å². The first kappa shape index (κ1) is 18.7. The van der Waals surface area contributed by atoms with E-state index in [-0.39, 0.29) is 12.1 Å². The Balaban J connectivity index is 2.05. The molecular weight excluding hydrogens is 318 g/mol. The van der Waals surface area contributed by atoms with Gasteiger partial charge in [0.2, 0.25) is 0 Å². The Morgan fingerprint density at radius 3 is 2.20 bits per heavy atom. The zero-order valence-electron chi connectivity index (χ0n) is 14.8. The molecule has 0 aliphatic heterocycles. The zero-order chi connectivity index (χ0) is 18.2. The third kappa shape index (κ3) is 6.04. The van der Waals surface area contributed by atoms with E-state index in [1.165, 1.54) is 6.92 Å². The maximum Gasteiger partial charge on any atom is 0.343 e. The minimum Gasteiger partial charge on any atom is -0.458 e. The molecular formula is C20H23NO4. The molecule has 132 valence electrons. The van der Waals surface area contributed by atoms with Gasteiger partial charge in [-0.15, -0.1) is 0 Å². The smallest absolute Gasteiger partial charge is 0.343 e. The Kier molecular flexibility index (Phi) is 6.71. The highest BCUT2D eigenvalue weighted by Crippen LogP contribution is 2.24. The number of ether oxygens (including phenoxy) is 2. The van der Waals surface area contributed by atoms with Gasteiger partial charge in [0.15, 0.2) is 0 Å². The van der Waals surface area contributed by atoms with Crippen molar-refractivity contribution in [2.24, 2.45) is 0 Å². The molecule has 0 spiro atoms. The molecule has 0 amide bonds. The highest BCUT2D eigenvalue weighted by atomic mass is 16.5. The van der Waals surface area contributed by atoms with Crippen molar-refractivity contribution in [2.75, 3.05) is 20.6 Å². The molecule has 0 heterocycles. The predicted molar refractivity (Wildman–Crippen MR) is 95.5 cm³/mol. The van der Waals surface area contributed by atoms with Crippen LogP contribution >= 0.6 is 0 Å². The average molecular weight is 341 g/mol. The van der Waals surface area contributed by atoms with Gasteiger partial charge in [-0.05, 0) is 43.9 Å². The van der Waals surface area contributed by atoms with Crippen LogP contribution in [0.5, 0.6) is 5.75 Å². The topological polar surface area (TPSA) is 55.8 Å². The summed E-state index contributed by atoms with van der Waals surface area (Å²) in [5.41, 5.74) is 1.37. The number of benzene rings is 2. The van der Waals surface area contributed by atoms with Gasteiger partial charge in [0.05, 0.1) is 5.56 Å². The van der Waals surface area contributed by atoms with Crippen molar-refractivity contribution < 1.29 is 19.1 Å². The van der Waals surface area contributed by atoms with Crippen LogP contribution in [0.25, 0.3) is 0 Å². The normalized spacial score (nSPS) is 11.8. The van der Waals surface area contributed by atoms with Crippen LogP contribution in [-0.4, -0.2) is 37.5 Å². The fraction of sp³-hybridized carbons (Fsp3) is 0.300. The quantitative estimate of drug-likeness (QED) is 0.570. The minimum absolute atomic E-state index is 0.316. The predicted octanol–water partition coefficient (Wildman–Crippen LogP) is 3.46. The molecule has 2 aromatic carbocycles. The third-order valence-electron chi connectivity index (χ3n) is 3.62. The van der Waals surface area contributed by atoms with Gasteiger partial charge in [0.1, 0.15) is 11.9 Å². The number of carbonyl (C=O) groups excluding carboxylic acids is 2. The first-order chi connectivity index (χ1) is 12.0. The standard InChI is InChI=1S/C20H23NO4/c1-15(22)24-19(13-14-21(2)3)16-9-11-18(12-10-16)25-20(23)17-7-5-4-6-8-17/h4-12,19H,13-14H2,1-3H3/t19-/m0/s1. The first-order valence-corrected chi connectivity index (χ1v) is 8.15. The van der Waals surface area contributed by atoms with E-state index < -0.39 is 5.97 Å². The molecule has 0 unspecified atom stereocenters. The molecule has 2 aromatic rings. The molecule has 5 nitrogen and oxygen atoms in total. The Bertz CT molecular complexity index is 695. The summed E-state index contributed by atoms with van der Waals surface area (Å²) >= 11 is 0. The molecule has 0 aliphatic rings. The monoisotopic (exact) mass is 341 g/mol. The van der Waals surface area contributed by atoms with Crippen molar-refractivity contribution in [1.82, 2.24) is 4.90 Å². The summed E-state index contributed by atoms with van der Waals surface area (Å²) in [7, 11) is 3.94. The molecule has 1 atom stereocenters. The molecule has 2 rings (SSSR count). The van der Waals surface area contributed by atoms with Crippen molar-refractivity contribution in [3.63, 3.8) is 0 Å². The van der Waals surface area contributed by atoms with Crippen molar-refractivity contribution in [1.29, 1.82) is 0 Å². The van der Waals surface area contributed by atoms with Gasteiger partial charge in [-0.3, -0.25) is 4.79 Å². The van der Waals surface area contributed by atoms with Crippen LogP contribution in [0.15, 0.2) is 54.6 Å². The summed E-state index contributed by atoms with van der Waals surface area (Å²) in [6.07, 6.45) is 0.370. The Morgan fingerprint density at radius 1 is 1.00 bits per heavy atom. The second-order valence-corrected chi connectivity index (χ2v) is 6.01. The van der Waals surface area contributed by atoms with E-state index in [0.29, 0.717) is 17.7 Å². The van der Waals surface area contributed by atoms with Crippen molar-refractivity contribution >= 4 is 11.9 Å². The first-order valence-electron chi connectivity index (χ1n) is 8.15. The molecule has 0 N–H and O–H groups in total. The molecule has 25 heavy (non-hydrogen) atoms. The van der Waals surface area contributed by atoms with E-state index >= 15 is 0 Å². The second kappa shape index (κ2) is 8.99. The Labute approximate surface area is 148 Å². The van der Waals surface area contributed by atoms with Gasteiger partial charge in [0, 0.05) is 19.9 Å². The third-order valence-corrected chi connectivity index (χ3v) is 3.62. The lowest BCUT2D eigenvalue weighted by molar-refractivity contribution is -0.147. The molecule has 0 radical (unpaired) electrons. The molecule has 0 aromatic heterocycles. The fourth-order valence-electron chi connectivity index (χ4n) is 2.36. The summed E-state index contributed by atoms with van der Waals surface area (Å²) in [4.78, 5) is 25.4. The van der Waals surface area contributed by atoms with E-state index in [0.717, 1.165) is 12.1 Å². The number of esters is 2.